The molecule has 2 rings (SSSR count). The summed E-state index contributed by atoms with van der Waals surface area (Å²) in [5.41, 5.74) is 2.49. The highest BCUT2D eigenvalue weighted by Crippen LogP contribution is 2.16. The number of aliphatic hydroxyl groups is 1. The number of benzene rings is 2. The van der Waals surface area contributed by atoms with Gasteiger partial charge in [0.05, 0.1) is 6.61 Å². The molecule has 0 saturated carbocycles. The second-order valence-electron chi connectivity index (χ2n) is 5.01. The van der Waals surface area contributed by atoms with Gasteiger partial charge >= 0.3 is 0 Å². The molecular formula is C17H20INO. The molecule has 2 N–H and O–H groups in total. The van der Waals surface area contributed by atoms with E-state index in [1.54, 1.807) is 0 Å². The molecule has 0 spiro atoms. The standard InChI is InChI=1S/C17H20INO/c1-13(15-7-9-16(18)10-8-15)19-17(12-20)11-14-5-3-2-4-6-14/h2-10,13,17,19-20H,11-12H2,1H3/t13?,17-/m0/s1. The lowest BCUT2D eigenvalue weighted by molar-refractivity contribution is 0.232. The van der Waals surface area contributed by atoms with Crippen LogP contribution in [0.4, 0.5) is 0 Å². The Morgan fingerprint density at radius 3 is 2.30 bits per heavy atom. The van der Waals surface area contributed by atoms with Crippen molar-refractivity contribution in [1.29, 1.82) is 0 Å². The normalized spacial score (nSPS) is 13.9. The minimum Gasteiger partial charge on any atom is -0.395 e. The van der Waals surface area contributed by atoms with Gasteiger partial charge in [0.15, 0.2) is 0 Å². The Labute approximate surface area is 134 Å². The van der Waals surface area contributed by atoms with Crippen molar-refractivity contribution < 1.29 is 5.11 Å². The number of hydrogen-bond acceptors (Lipinski definition) is 2. The van der Waals surface area contributed by atoms with Crippen LogP contribution in [0.2, 0.25) is 0 Å². The van der Waals surface area contributed by atoms with Crippen LogP contribution in [-0.4, -0.2) is 17.8 Å². The summed E-state index contributed by atoms with van der Waals surface area (Å²) in [6.45, 7) is 2.28. The Balaban J connectivity index is 1.97. The first-order valence-corrected chi connectivity index (χ1v) is 7.93. The molecule has 2 aromatic carbocycles. The lowest BCUT2D eigenvalue weighted by atomic mass is 10.0. The van der Waals surface area contributed by atoms with Gasteiger partial charge in [-0.15, -0.1) is 0 Å². The van der Waals surface area contributed by atoms with Gasteiger partial charge < -0.3 is 10.4 Å². The average molecular weight is 381 g/mol. The quantitative estimate of drug-likeness (QED) is 0.751. The Kier molecular flexibility index (Phi) is 6.01. The van der Waals surface area contributed by atoms with Gasteiger partial charge in [-0.3, -0.25) is 0 Å². The summed E-state index contributed by atoms with van der Waals surface area (Å²) < 4.78 is 1.24. The van der Waals surface area contributed by atoms with Crippen molar-refractivity contribution in [3.8, 4) is 0 Å². The Bertz CT molecular complexity index is 512. The van der Waals surface area contributed by atoms with Crippen molar-refractivity contribution in [3.05, 3.63) is 69.3 Å². The second-order valence-corrected chi connectivity index (χ2v) is 6.25. The van der Waals surface area contributed by atoms with Crippen molar-refractivity contribution in [2.45, 2.75) is 25.4 Å². The number of nitrogens with one attached hydrogen (secondary N) is 1. The molecule has 0 aliphatic carbocycles. The maximum absolute atomic E-state index is 9.56. The van der Waals surface area contributed by atoms with Crippen molar-refractivity contribution in [2.24, 2.45) is 0 Å². The molecule has 2 nitrogen and oxygen atoms in total. The summed E-state index contributed by atoms with van der Waals surface area (Å²) in [6.07, 6.45) is 0.839. The molecular weight excluding hydrogens is 361 g/mol. The Morgan fingerprint density at radius 2 is 1.70 bits per heavy atom. The number of hydrogen-bond donors (Lipinski definition) is 2. The summed E-state index contributed by atoms with van der Waals surface area (Å²) in [7, 11) is 0. The molecule has 0 bridgehead atoms. The van der Waals surface area contributed by atoms with E-state index in [1.165, 1.54) is 14.7 Å². The van der Waals surface area contributed by atoms with Crippen LogP contribution in [-0.2, 0) is 6.42 Å². The first-order chi connectivity index (χ1) is 9.69. The van der Waals surface area contributed by atoms with Gasteiger partial charge in [-0.05, 0) is 59.2 Å². The summed E-state index contributed by atoms with van der Waals surface area (Å²) in [4.78, 5) is 0. The molecule has 2 aromatic rings. The van der Waals surface area contributed by atoms with Crippen molar-refractivity contribution in [1.82, 2.24) is 5.32 Å². The van der Waals surface area contributed by atoms with Crippen LogP contribution < -0.4 is 5.32 Å². The maximum atomic E-state index is 9.56. The van der Waals surface area contributed by atoms with Gasteiger partial charge in [-0.1, -0.05) is 42.5 Å². The lowest BCUT2D eigenvalue weighted by Gasteiger charge is -2.22. The van der Waals surface area contributed by atoms with E-state index in [0.29, 0.717) is 0 Å². The zero-order valence-corrected chi connectivity index (χ0v) is 13.7. The number of halogens is 1. The lowest BCUT2D eigenvalue weighted by Crippen LogP contribution is -2.36. The molecule has 0 aliphatic heterocycles. The van der Waals surface area contributed by atoms with Crippen LogP contribution in [0.5, 0.6) is 0 Å². The van der Waals surface area contributed by atoms with Crippen molar-refractivity contribution >= 4 is 22.6 Å². The first-order valence-electron chi connectivity index (χ1n) is 6.85. The van der Waals surface area contributed by atoms with Crippen LogP contribution in [0.25, 0.3) is 0 Å². The molecule has 0 fully saturated rings. The van der Waals surface area contributed by atoms with E-state index in [2.05, 4.69) is 71.2 Å². The summed E-state index contributed by atoms with van der Waals surface area (Å²) >= 11 is 2.31. The Hall–Kier alpha value is -0.910. The molecule has 20 heavy (non-hydrogen) atoms. The highest BCUT2D eigenvalue weighted by molar-refractivity contribution is 14.1. The minimum absolute atomic E-state index is 0.0756. The van der Waals surface area contributed by atoms with Crippen molar-refractivity contribution in [2.75, 3.05) is 6.61 Å². The topological polar surface area (TPSA) is 32.3 Å². The molecule has 1 unspecified atom stereocenters. The van der Waals surface area contributed by atoms with Gasteiger partial charge in [0, 0.05) is 15.7 Å². The SMILES string of the molecule is CC(N[C@H](CO)Cc1ccccc1)c1ccc(I)cc1. The first kappa shape index (κ1) is 15.5. The van der Waals surface area contributed by atoms with Crippen LogP contribution in [0.3, 0.4) is 0 Å². The monoisotopic (exact) mass is 381 g/mol. The van der Waals surface area contributed by atoms with Crippen LogP contribution >= 0.6 is 22.6 Å². The predicted molar refractivity (Wildman–Crippen MR) is 91.7 cm³/mol. The average Bonchev–Trinajstić information content (AvgIpc) is 2.48. The number of aliphatic hydroxyl groups excluding tert-OH is 1. The smallest absolute Gasteiger partial charge is 0.0588 e. The summed E-state index contributed by atoms with van der Waals surface area (Å²) in [5.74, 6) is 0. The molecule has 0 saturated heterocycles. The van der Waals surface area contributed by atoms with Crippen LogP contribution in [0.15, 0.2) is 54.6 Å². The van der Waals surface area contributed by atoms with E-state index in [-0.39, 0.29) is 18.7 Å². The van der Waals surface area contributed by atoms with Gasteiger partial charge in [-0.25, -0.2) is 0 Å². The Morgan fingerprint density at radius 1 is 1.05 bits per heavy atom. The van der Waals surface area contributed by atoms with Crippen LogP contribution in [0, 0.1) is 3.57 Å². The molecule has 0 amide bonds. The van der Waals surface area contributed by atoms with Gasteiger partial charge in [0.1, 0.15) is 0 Å². The fourth-order valence-corrected chi connectivity index (χ4v) is 2.64. The van der Waals surface area contributed by atoms with Gasteiger partial charge in [0.25, 0.3) is 0 Å². The highest BCUT2D eigenvalue weighted by Gasteiger charge is 2.13. The molecule has 0 aliphatic rings. The third-order valence-corrected chi connectivity index (χ3v) is 4.12. The molecule has 106 valence electrons. The molecule has 0 heterocycles. The van der Waals surface area contributed by atoms with E-state index < -0.39 is 0 Å². The van der Waals surface area contributed by atoms with E-state index in [0.717, 1.165) is 6.42 Å². The zero-order chi connectivity index (χ0) is 14.4. The minimum atomic E-state index is 0.0756. The number of rotatable bonds is 6. The molecule has 0 aromatic heterocycles. The molecule has 3 heteroatoms. The molecule has 0 radical (unpaired) electrons. The summed E-state index contributed by atoms with van der Waals surface area (Å²) in [6, 6.07) is 19.1. The van der Waals surface area contributed by atoms with E-state index in [4.69, 9.17) is 0 Å². The third kappa shape index (κ3) is 4.58. The van der Waals surface area contributed by atoms with Crippen LogP contribution in [0.1, 0.15) is 24.1 Å². The van der Waals surface area contributed by atoms with E-state index >= 15 is 0 Å². The highest BCUT2D eigenvalue weighted by atomic mass is 127. The maximum Gasteiger partial charge on any atom is 0.0588 e. The fourth-order valence-electron chi connectivity index (χ4n) is 2.28. The second kappa shape index (κ2) is 7.76. The van der Waals surface area contributed by atoms with E-state index in [9.17, 15) is 5.11 Å². The zero-order valence-electron chi connectivity index (χ0n) is 11.6. The third-order valence-electron chi connectivity index (χ3n) is 3.40. The molecule has 2 atom stereocenters. The predicted octanol–water partition coefficient (Wildman–Crippen LogP) is 3.55. The van der Waals surface area contributed by atoms with Gasteiger partial charge in [-0.2, -0.15) is 0 Å². The van der Waals surface area contributed by atoms with Crippen molar-refractivity contribution in [3.63, 3.8) is 0 Å². The summed E-state index contributed by atoms with van der Waals surface area (Å²) in [5, 5.41) is 13.1. The van der Waals surface area contributed by atoms with E-state index in [1.807, 2.05) is 18.2 Å². The van der Waals surface area contributed by atoms with Gasteiger partial charge in [0.2, 0.25) is 0 Å². The fraction of sp³-hybridized carbons (Fsp3) is 0.294. The largest absolute Gasteiger partial charge is 0.395 e.